The molecule has 0 spiro atoms. The van der Waals surface area contributed by atoms with Gasteiger partial charge in [0.05, 0.1) is 28.6 Å². The van der Waals surface area contributed by atoms with Crippen LogP contribution in [-0.4, -0.2) is 68.3 Å². The average molecular weight is 424 g/mol. The van der Waals surface area contributed by atoms with E-state index in [1.807, 2.05) is 11.0 Å². The molecule has 0 bridgehead atoms. The second kappa shape index (κ2) is 8.91. The number of carbonyl (C=O) groups is 1. The van der Waals surface area contributed by atoms with Gasteiger partial charge in [0.25, 0.3) is 0 Å². The smallest absolute Gasteiger partial charge is 0.243 e. The first-order valence-electron chi connectivity index (χ1n) is 9.21. The second-order valence-corrected chi connectivity index (χ2v) is 8.80. The molecule has 0 saturated carbocycles. The molecule has 1 amide bonds. The summed E-state index contributed by atoms with van der Waals surface area (Å²) in [6, 6.07) is 13.0. The average Bonchev–Trinajstić information content (AvgIpc) is 2.79. The van der Waals surface area contributed by atoms with Gasteiger partial charge in [0.1, 0.15) is 11.9 Å². The first-order valence-corrected chi connectivity index (χ1v) is 10.6. The lowest BCUT2D eigenvalue weighted by atomic mass is 10.2. The molecule has 1 fully saturated rings. The van der Waals surface area contributed by atoms with Crippen LogP contribution in [0.3, 0.4) is 0 Å². The lowest BCUT2D eigenvalue weighted by molar-refractivity contribution is -0.131. The molecular formula is C20H20N6O3S. The van der Waals surface area contributed by atoms with Crippen molar-refractivity contribution in [3.05, 3.63) is 53.7 Å². The predicted molar refractivity (Wildman–Crippen MR) is 109 cm³/mol. The predicted octanol–water partition coefficient (Wildman–Crippen LogP) is 0.794. The van der Waals surface area contributed by atoms with E-state index in [1.54, 1.807) is 23.2 Å². The third-order valence-electron chi connectivity index (χ3n) is 4.89. The summed E-state index contributed by atoms with van der Waals surface area (Å²) in [7, 11) is -2.48. The Hall–Kier alpha value is -3.47. The van der Waals surface area contributed by atoms with Crippen LogP contribution in [0.4, 0.5) is 5.82 Å². The van der Waals surface area contributed by atoms with Gasteiger partial charge in [0, 0.05) is 39.4 Å². The van der Waals surface area contributed by atoms with Gasteiger partial charge in [0.2, 0.25) is 15.9 Å². The summed E-state index contributed by atoms with van der Waals surface area (Å²) in [4.78, 5) is 20.5. The molecule has 3 rings (SSSR count). The highest BCUT2D eigenvalue weighted by molar-refractivity contribution is 7.89. The Labute approximate surface area is 175 Å². The highest BCUT2D eigenvalue weighted by Crippen LogP contribution is 2.19. The van der Waals surface area contributed by atoms with Crippen LogP contribution in [0, 0.1) is 22.7 Å². The fraction of sp³-hybridized carbons (Fsp3) is 0.300. The lowest BCUT2D eigenvalue weighted by Gasteiger charge is -2.36. The van der Waals surface area contributed by atoms with Crippen molar-refractivity contribution in [3.63, 3.8) is 0 Å². The molecule has 9 nitrogen and oxygen atoms in total. The molecule has 2 heterocycles. The van der Waals surface area contributed by atoms with Gasteiger partial charge in [-0.3, -0.25) is 4.79 Å². The Morgan fingerprint density at radius 1 is 1.10 bits per heavy atom. The molecule has 0 unspecified atom stereocenters. The van der Waals surface area contributed by atoms with Crippen molar-refractivity contribution in [2.75, 3.05) is 44.7 Å². The van der Waals surface area contributed by atoms with Gasteiger partial charge in [-0.2, -0.15) is 14.8 Å². The number of anilines is 1. The number of pyridine rings is 1. The van der Waals surface area contributed by atoms with Gasteiger partial charge in [-0.25, -0.2) is 13.4 Å². The highest BCUT2D eigenvalue weighted by Gasteiger charge is 2.28. The first-order chi connectivity index (χ1) is 14.4. The van der Waals surface area contributed by atoms with Crippen molar-refractivity contribution in [1.82, 2.24) is 14.2 Å². The number of nitriles is 2. The standard InChI is InChI=1S/C20H20N6O3S/c1-24(30(28,29)18-6-4-16(13-21)5-7-18)15-19(27)25-9-11-26(12-10-25)20-17(14-22)3-2-8-23-20/h2-8H,9-12,15H2,1H3. The molecule has 1 saturated heterocycles. The Kier molecular flexibility index (Phi) is 6.31. The molecule has 154 valence electrons. The Morgan fingerprint density at radius 3 is 2.37 bits per heavy atom. The van der Waals surface area contributed by atoms with Gasteiger partial charge in [-0.15, -0.1) is 0 Å². The van der Waals surface area contributed by atoms with Gasteiger partial charge in [0.15, 0.2) is 0 Å². The summed E-state index contributed by atoms with van der Waals surface area (Å²) in [5.74, 6) is 0.295. The zero-order valence-corrected chi connectivity index (χ0v) is 17.2. The molecule has 1 aliphatic heterocycles. The van der Waals surface area contributed by atoms with E-state index in [9.17, 15) is 18.5 Å². The molecule has 1 aliphatic rings. The number of carbonyl (C=O) groups excluding carboxylic acids is 1. The van der Waals surface area contributed by atoms with Crippen molar-refractivity contribution in [1.29, 1.82) is 10.5 Å². The summed E-state index contributed by atoms with van der Waals surface area (Å²) >= 11 is 0. The summed E-state index contributed by atoms with van der Waals surface area (Å²) in [6.45, 7) is 1.54. The van der Waals surface area contributed by atoms with Crippen molar-refractivity contribution in [2.45, 2.75) is 4.90 Å². The number of hydrogen-bond acceptors (Lipinski definition) is 7. The van der Waals surface area contributed by atoms with Crippen LogP contribution in [0.2, 0.25) is 0 Å². The maximum absolute atomic E-state index is 12.7. The summed E-state index contributed by atoms with van der Waals surface area (Å²) in [5.41, 5.74) is 0.837. The Bertz CT molecular complexity index is 1110. The van der Waals surface area contributed by atoms with E-state index in [4.69, 9.17) is 5.26 Å². The van der Waals surface area contributed by atoms with Crippen molar-refractivity contribution >= 4 is 21.7 Å². The third-order valence-corrected chi connectivity index (χ3v) is 6.71. The minimum Gasteiger partial charge on any atom is -0.352 e. The monoisotopic (exact) mass is 424 g/mol. The largest absolute Gasteiger partial charge is 0.352 e. The van der Waals surface area contributed by atoms with Crippen LogP contribution in [0.1, 0.15) is 11.1 Å². The summed E-state index contributed by atoms with van der Waals surface area (Å²) in [5, 5.41) is 18.1. The zero-order valence-electron chi connectivity index (χ0n) is 16.4. The molecule has 0 atom stereocenters. The molecule has 2 aromatic rings. The van der Waals surface area contributed by atoms with Crippen LogP contribution in [0.5, 0.6) is 0 Å². The number of amides is 1. The van der Waals surface area contributed by atoms with Crippen LogP contribution >= 0.6 is 0 Å². The zero-order chi connectivity index (χ0) is 21.7. The third kappa shape index (κ3) is 4.40. The number of nitrogens with zero attached hydrogens (tertiary/aromatic N) is 6. The highest BCUT2D eigenvalue weighted by atomic mass is 32.2. The number of benzene rings is 1. The molecule has 10 heteroatoms. The molecule has 0 aliphatic carbocycles. The van der Waals surface area contributed by atoms with Crippen LogP contribution < -0.4 is 4.90 Å². The normalized spacial score (nSPS) is 14.3. The van der Waals surface area contributed by atoms with E-state index < -0.39 is 10.0 Å². The molecule has 1 aromatic heterocycles. The minimum absolute atomic E-state index is 0.0285. The first kappa shape index (κ1) is 21.2. The van der Waals surface area contributed by atoms with Crippen molar-refractivity contribution < 1.29 is 13.2 Å². The molecule has 1 aromatic carbocycles. The van der Waals surface area contributed by atoms with Gasteiger partial charge in [-0.05, 0) is 36.4 Å². The van der Waals surface area contributed by atoms with Gasteiger partial charge < -0.3 is 9.80 Å². The topological polar surface area (TPSA) is 121 Å². The molecule has 0 N–H and O–H groups in total. The van der Waals surface area contributed by atoms with E-state index in [1.165, 1.54) is 31.3 Å². The number of hydrogen-bond donors (Lipinski definition) is 0. The molecule has 0 radical (unpaired) electrons. The fourth-order valence-electron chi connectivity index (χ4n) is 3.16. The maximum atomic E-state index is 12.7. The van der Waals surface area contributed by atoms with E-state index in [0.717, 1.165) is 4.31 Å². The quantitative estimate of drug-likeness (QED) is 0.696. The van der Waals surface area contributed by atoms with E-state index in [2.05, 4.69) is 11.1 Å². The second-order valence-electron chi connectivity index (χ2n) is 6.75. The SMILES string of the molecule is CN(CC(=O)N1CCN(c2ncccc2C#N)CC1)S(=O)(=O)c1ccc(C#N)cc1. The summed E-state index contributed by atoms with van der Waals surface area (Å²) < 4.78 is 26.4. The number of rotatable bonds is 5. The van der Waals surface area contributed by atoms with Gasteiger partial charge >= 0.3 is 0 Å². The van der Waals surface area contributed by atoms with Crippen molar-refractivity contribution in [2.24, 2.45) is 0 Å². The molecule has 30 heavy (non-hydrogen) atoms. The summed E-state index contributed by atoms with van der Waals surface area (Å²) in [6.07, 6.45) is 1.62. The van der Waals surface area contributed by atoms with E-state index in [-0.39, 0.29) is 17.3 Å². The minimum atomic E-state index is -3.84. The van der Waals surface area contributed by atoms with Crippen LogP contribution in [0.25, 0.3) is 0 Å². The number of sulfonamides is 1. The van der Waals surface area contributed by atoms with E-state index >= 15 is 0 Å². The number of aromatic nitrogens is 1. The maximum Gasteiger partial charge on any atom is 0.243 e. The lowest BCUT2D eigenvalue weighted by Crippen LogP contribution is -2.51. The molecular weight excluding hydrogens is 404 g/mol. The Balaban J connectivity index is 1.61. The van der Waals surface area contributed by atoms with Crippen LogP contribution in [0.15, 0.2) is 47.5 Å². The fourth-order valence-corrected chi connectivity index (χ4v) is 4.28. The number of likely N-dealkylation sites (N-methyl/N-ethyl adjacent to an activating group) is 1. The van der Waals surface area contributed by atoms with Gasteiger partial charge in [-0.1, -0.05) is 0 Å². The van der Waals surface area contributed by atoms with E-state index in [0.29, 0.717) is 43.1 Å². The van der Waals surface area contributed by atoms with Crippen LogP contribution in [-0.2, 0) is 14.8 Å². The van der Waals surface area contributed by atoms with Crippen molar-refractivity contribution in [3.8, 4) is 12.1 Å². The number of piperazine rings is 1. The Morgan fingerprint density at radius 2 is 1.77 bits per heavy atom.